The zero-order chi connectivity index (χ0) is 11.7. The summed E-state index contributed by atoms with van der Waals surface area (Å²) in [5.41, 5.74) is 1.50. The molecule has 0 atom stereocenters. The number of hydrogen-bond acceptors (Lipinski definition) is 1. The molecular weight excluding hydrogens is 288 g/mol. The molecule has 0 radical (unpaired) electrons. The molecule has 0 aliphatic rings. The van der Waals surface area contributed by atoms with Crippen LogP contribution in [-0.4, -0.2) is 4.98 Å². The van der Waals surface area contributed by atoms with Gasteiger partial charge in [0.1, 0.15) is 5.15 Å². The van der Waals surface area contributed by atoms with Crippen molar-refractivity contribution in [2.45, 2.75) is 0 Å². The average Bonchev–Trinajstić information content (AvgIpc) is 2.20. The number of rotatable bonds is 1. The summed E-state index contributed by atoms with van der Waals surface area (Å²) in [7, 11) is 0. The van der Waals surface area contributed by atoms with Gasteiger partial charge in [0, 0.05) is 21.8 Å². The predicted molar refractivity (Wildman–Crippen MR) is 69.7 cm³/mol. The third-order valence-electron chi connectivity index (χ3n) is 1.98. The van der Waals surface area contributed by atoms with Crippen molar-refractivity contribution in [3.05, 3.63) is 50.7 Å². The van der Waals surface area contributed by atoms with E-state index in [2.05, 4.69) is 4.98 Å². The molecule has 0 unspecified atom stereocenters. The van der Waals surface area contributed by atoms with E-state index in [4.69, 9.17) is 46.4 Å². The van der Waals surface area contributed by atoms with E-state index in [-0.39, 0.29) is 0 Å². The van der Waals surface area contributed by atoms with Gasteiger partial charge in [0.25, 0.3) is 0 Å². The van der Waals surface area contributed by atoms with Gasteiger partial charge in [-0.1, -0.05) is 46.4 Å². The molecule has 0 N–H and O–H groups in total. The highest BCUT2D eigenvalue weighted by Gasteiger charge is 2.07. The average molecular weight is 293 g/mol. The van der Waals surface area contributed by atoms with Gasteiger partial charge in [-0.2, -0.15) is 0 Å². The Morgan fingerprint density at radius 3 is 2.00 bits per heavy atom. The van der Waals surface area contributed by atoms with Gasteiger partial charge in [0.05, 0.1) is 5.02 Å². The number of nitrogens with zero attached hydrogens (tertiary/aromatic N) is 1. The van der Waals surface area contributed by atoms with Crippen LogP contribution in [0.5, 0.6) is 0 Å². The Hall–Kier alpha value is -0.470. The van der Waals surface area contributed by atoms with Crippen LogP contribution >= 0.6 is 46.4 Å². The summed E-state index contributed by atoms with van der Waals surface area (Å²) in [6.45, 7) is 0. The van der Waals surface area contributed by atoms with Crippen LogP contribution in [0.2, 0.25) is 20.2 Å². The van der Waals surface area contributed by atoms with E-state index in [0.717, 1.165) is 5.56 Å². The second-order valence-electron chi connectivity index (χ2n) is 3.15. The fourth-order valence-electron chi connectivity index (χ4n) is 1.33. The van der Waals surface area contributed by atoms with Crippen molar-refractivity contribution in [2.24, 2.45) is 0 Å². The topological polar surface area (TPSA) is 12.9 Å². The van der Waals surface area contributed by atoms with Crippen LogP contribution < -0.4 is 0 Å². The Morgan fingerprint density at radius 1 is 0.750 bits per heavy atom. The molecule has 0 fully saturated rings. The molecule has 82 valence electrons. The van der Waals surface area contributed by atoms with Crippen molar-refractivity contribution in [1.29, 1.82) is 0 Å². The standard InChI is InChI=1S/C11H5Cl4N/c12-7-1-6(2-8(13)3-7)10-4-9(14)5-16-11(10)15/h1-5H. The molecule has 0 spiro atoms. The Bertz CT molecular complexity index is 519. The van der Waals surface area contributed by atoms with Crippen molar-refractivity contribution >= 4 is 46.4 Å². The van der Waals surface area contributed by atoms with Gasteiger partial charge in [0.15, 0.2) is 0 Å². The van der Waals surface area contributed by atoms with Crippen molar-refractivity contribution in [1.82, 2.24) is 4.98 Å². The first-order valence-corrected chi connectivity index (χ1v) is 5.85. The van der Waals surface area contributed by atoms with Gasteiger partial charge < -0.3 is 0 Å². The van der Waals surface area contributed by atoms with E-state index < -0.39 is 0 Å². The van der Waals surface area contributed by atoms with Gasteiger partial charge >= 0.3 is 0 Å². The molecule has 0 saturated carbocycles. The minimum absolute atomic E-state index is 0.364. The maximum Gasteiger partial charge on any atom is 0.136 e. The first-order chi connectivity index (χ1) is 7.56. The van der Waals surface area contributed by atoms with Crippen molar-refractivity contribution < 1.29 is 0 Å². The SMILES string of the molecule is Clc1cc(Cl)cc(-c2cc(Cl)cnc2Cl)c1. The lowest BCUT2D eigenvalue weighted by Gasteiger charge is -2.05. The zero-order valence-corrected chi connectivity index (χ0v) is 10.9. The van der Waals surface area contributed by atoms with E-state index in [9.17, 15) is 0 Å². The first kappa shape index (κ1) is 12.0. The normalized spacial score (nSPS) is 10.5. The van der Waals surface area contributed by atoms with Gasteiger partial charge in [-0.05, 0) is 29.8 Å². The molecule has 0 bridgehead atoms. The van der Waals surface area contributed by atoms with Gasteiger partial charge in [0.2, 0.25) is 0 Å². The molecule has 0 amide bonds. The lowest BCUT2D eigenvalue weighted by Crippen LogP contribution is -1.84. The van der Waals surface area contributed by atoms with Crippen LogP contribution in [0.1, 0.15) is 0 Å². The highest BCUT2D eigenvalue weighted by Crippen LogP contribution is 2.32. The molecule has 1 nitrogen and oxygen atoms in total. The fourth-order valence-corrected chi connectivity index (χ4v) is 2.23. The number of hydrogen-bond donors (Lipinski definition) is 0. The summed E-state index contributed by atoms with van der Waals surface area (Å²) in [4.78, 5) is 3.96. The molecule has 1 heterocycles. The van der Waals surface area contributed by atoms with E-state index >= 15 is 0 Å². The third-order valence-corrected chi connectivity index (χ3v) is 2.92. The highest BCUT2D eigenvalue weighted by atomic mass is 35.5. The monoisotopic (exact) mass is 291 g/mol. The van der Waals surface area contributed by atoms with Crippen molar-refractivity contribution in [2.75, 3.05) is 0 Å². The molecular formula is C11H5Cl4N. The summed E-state index contributed by atoms with van der Waals surface area (Å²) < 4.78 is 0. The van der Waals surface area contributed by atoms with Crippen LogP contribution in [-0.2, 0) is 0 Å². The largest absolute Gasteiger partial charge is 0.242 e. The maximum absolute atomic E-state index is 5.98. The van der Waals surface area contributed by atoms with Gasteiger partial charge in [-0.25, -0.2) is 4.98 Å². The Morgan fingerprint density at radius 2 is 1.38 bits per heavy atom. The second kappa shape index (κ2) is 4.80. The fraction of sp³-hybridized carbons (Fsp3) is 0. The quantitative estimate of drug-likeness (QED) is 0.645. The summed E-state index contributed by atoms with van der Waals surface area (Å²) >= 11 is 23.7. The minimum atomic E-state index is 0.364. The van der Waals surface area contributed by atoms with Crippen LogP contribution in [0.15, 0.2) is 30.5 Å². The Balaban J connectivity index is 2.62. The van der Waals surface area contributed by atoms with Crippen LogP contribution in [0.25, 0.3) is 11.1 Å². The van der Waals surface area contributed by atoms with Crippen molar-refractivity contribution in [3.8, 4) is 11.1 Å². The van der Waals surface area contributed by atoms with Gasteiger partial charge in [-0.3, -0.25) is 0 Å². The minimum Gasteiger partial charge on any atom is -0.242 e. The van der Waals surface area contributed by atoms with E-state index in [0.29, 0.717) is 25.8 Å². The number of pyridine rings is 1. The van der Waals surface area contributed by atoms with Crippen LogP contribution in [0.3, 0.4) is 0 Å². The summed E-state index contributed by atoms with van der Waals surface area (Å²) in [6, 6.07) is 6.89. The number of benzene rings is 1. The lowest BCUT2D eigenvalue weighted by atomic mass is 10.1. The maximum atomic E-state index is 5.98. The van der Waals surface area contributed by atoms with Gasteiger partial charge in [-0.15, -0.1) is 0 Å². The lowest BCUT2D eigenvalue weighted by molar-refractivity contribution is 1.33. The van der Waals surface area contributed by atoms with Crippen molar-refractivity contribution in [3.63, 3.8) is 0 Å². The molecule has 0 aliphatic heterocycles. The summed E-state index contributed by atoms with van der Waals surface area (Å²) in [5, 5.41) is 1.95. The molecule has 0 saturated heterocycles. The molecule has 1 aromatic carbocycles. The first-order valence-electron chi connectivity index (χ1n) is 4.34. The molecule has 2 aromatic rings. The molecule has 0 aliphatic carbocycles. The van der Waals surface area contributed by atoms with E-state index in [1.807, 2.05) is 0 Å². The molecule has 16 heavy (non-hydrogen) atoms. The van der Waals surface area contributed by atoms with Crippen LogP contribution in [0, 0.1) is 0 Å². The Labute approximate surface area is 113 Å². The predicted octanol–water partition coefficient (Wildman–Crippen LogP) is 5.36. The molecule has 1 aromatic heterocycles. The summed E-state index contributed by atoms with van der Waals surface area (Å²) in [5.74, 6) is 0. The highest BCUT2D eigenvalue weighted by molar-refractivity contribution is 6.36. The third kappa shape index (κ3) is 2.61. The zero-order valence-electron chi connectivity index (χ0n) is 7.85. The number of halogens is 4. The van der Waals surface area contributed by atoms with E-state index in [1.165, 1.54) is 6.20 Å². The molecule has 2 rings (SSSR count). The Kier molecular flexibility index (Phi) is 3.60. The van der Waals surface area contributed by atoms with E-state index in [1.54, 1.807) is 24.3 Å². The van der Waals surface area contributed by atoms with Crippen LogP contribution in [0.4, 0.5) is 0 Å². The smallest absolute Gasteiger partial charge is 0.136 e. The summed E-state index contributed by atoms with van der Waals surface area (Å²) in [6.07, 6.45) is 1.49. The second-order valence-corrected chi connectivity index (χ2v) is 4.82. The molecule has 5 heteroatoms. The number of aromatic nitrogens is 1.